The summed E-state index contributed by atoms with van der Waals surface area (Å²) < 4.78 is 18.4. The highest BCUT2D eigenvalue weighted by atomic mass is 35.5. The van der Waals surface area contributed by atoms with Gasteiger partial charge in [-0.25, -0.2) is 4.39 Å². The molecule has 1 aromatic carbocycles. The van der Waals surface area contributed by atoms with E-state index >= 15 is 0 Å². The van der Waals surface area contributed by atoms with Crippen LogP contribution in [-0.2, 0) is 16.0 Å². The van der Waals surface area contributed by atoms with E-state index in [1.54, 1.807) is 17.0 Å². The minimum Gasteiger partial charge on any atom is -0.373 e. The van der Waals surface area contributed by atoms with E-state index in [9.17, 15) is 9.18 Å². The number of nitrogens with two attached hydrogens (primary N) is 1. The molecule has 1 unspecified atom stereocenters. The first-order valence-corrected chi connectivity index (χ1v) is 6.03. The molecule has 1 aromatic rings. The summed E-state index contributed by atoms with van der Waals surface area (Å²) in [6, 6.07) is 6.12. The first kappa shape index (κ1) is 15.9. The summed E-state index contributed by atoms with van der Waals surface area (Å²) in [6.07, 6.45) is 0.130. The Kier molecular flexibility index (Phi) is 6.21. The number of halogens is 2. The molecule has 0 aromatic heterocycles. The third kappa shape index (κ3) is 4.45. The minimum atomic E-state index is -0.317. The Morgan fingerprint density at radius 1 is 1.53 bits per heavy atom. The Hall–Kier alpha value is -1.17. The second kappa shape index (κ2) is 7.43. The van der Waals surface area contributed by atoms with Crippen LogP contribution in [0.1, 0.15) is 5.56 Å². The number of hydrogen-bond donors (Lipinski definition) is 1. The van der Waals surface area contributed by atoms with Gasteiger partial charge in [0.15, 0.2) is 0 Å². The van der Waals surface area contributed by atoms with Gasteiger partial charge >= 0.3 is 0 Å². The predicted molar refractivity (Wildman–Crippen MR) is 72.7 cm³/mol. The molecule has 1 aliphatic heterocycles. The first-order chi connectivity index (χ1) is 8.69. The highest BCUT2D eigenvalue weighted by Crippen LogP contribution is 2.09. The second-order valence-electron chi connectivity index (χ2n) is 4.37. The van der Waals surface area contributed by atoms with Crippen LogP contribution >= 0.6 is 12.4 Å². The van der Waals surface area contributed by atoms with Crippen LogP contribution in [0, 0.1) is 5.82 Å². The number of amides is 1. The summed E-state index contributed by atoms with van der Waals surface area (Å²) in [5.41, 5.74) is 6.22. The Labute approximate surface area is 118 Å². The molecule has 1 saturated heterocycles. The lowest BCUT2D eigenvalue weighted by molar-refractivity contribution is -0.137. The molecule has 4 nitrogen and oxygen atoms in total. The molecule has 0 radical (unpaired) electrons. The Morgan fingerprint density at radius 3 is 3.00 bits per heavy atom. The van der Waals surface area contributed by atoms with Gasteiger partial charge in [0.25, 0.3) is 0 Å². The molecule has 2 rings (SSSR count). The van der Waals surface area contributed by atoms with Crippen molar-refractivity contribution in [1.29, 1.82) is 0 Å². The van der Waals surface area contributed by atoms with Crippen LogP contribution < -0.4 is 5.73 Å². The van der Waals surface area contributed by atoms with Crippen LogP contribution in [0.5, 0.6) is 0 Å². The number of hydrogen-bond acceptors (Lipinski definition) is 3. The van der Waals surface area contributed by atoms with Gasteiger partial charge < -0.3 is 15.4 Å². The molecule has 0 bridgehead atoms. The summed E-state index contributed by atoms with van der Waals surface area (Å²) >= 11 is 0. The molecule has 1 heterocycles. The van der Waals surface area contributed by atoms with Crippen molar-refractivity contribution >= 4 is 18.3 Å². The fourth-order valence-electron chi connectivity index (χ4n) is 2.02. The average molecular weight is 289 g/mol. The molecular weight excluding hydrogens is 271 g/mol. The number of nitrogens with zero attached hydrogens (tertiary/aromatic N) is 1. The summed E-state index contributed by atoms with van der Waals surface area (Å²) in [6.45, 7) is 2.01. The summed E-state index contributed by atoms with van der Waals surface area (Å²) in [7, 11) is 0. The second-order valence-corrected chi connectivity index (χ2v) is 4.37. The van der Waals surface area contributed by atoms with Crippen LogP contribution in [0.25, 0.3) is 0 Å². The maximum atomic E-state index is 13.0. The molecule has 1 fully saturated rings. The van der Waals surface area contributed by atoms with Gasteiger partial charge in [0, 0.05) is 19.6 Å². The van der Waals surface area contributed by atoms with Crippen molar-refractivity contribution in [3.63, 3.8) is 0 Å². The summed E-state index contributed by atoms with van der Waals surface area (Å²) in [4.78, 5) is 13.8. The fourth-order valence-corrected chi connectivity index (χ4v) is 2.02. The van der Waals surface area contributed by atoms with Crippen LogP contribution in [0.15, 0.2) is 24.3 Å². The quantitative estimate of drug-likeness (QED) is 0.902. The number of morpholine rings is 1. The molecule has 0 spiro atoms. The lowest BCUT2D eigenvalue weighted by atomic mass is 10.1. The smallest absolute Gasteiger partial charge is 0.227 e. The molecule has 1 amide bonds. The Bertz CT molecular complexity index is 431. The minimum absolute atomic E-state index is 0. The highest BCUT2D eigenvalue weighted by molar-refractivity contribution is 5.85. The number of benzene rings is 1. The molecule has 6 heteroatoms. The fraction of sp³-hybridized carbons (Fsp3) is 0.462. The molecule has 1 aliphatic rings. The zero-order valence-electron chi connectivity index (χ0n) is 10.5. The van der Waals surface area contributed by atoms with Gasteiger partial charge in [-0.3, -0.25) is 4.79 Å². The van der Waals surface area contributed by atoms with Gasteiger partial charge in [-0.2, -0.15) is 0 Å². The maximum absolute atomic E-state index is 13.0. The Balaban J connectivity index is 0.00000180. The third-order valence-corrected chi connectivity index (χ3v) is 3.00. The molecular formula is C13H18ClFN2O2. The van der Waals surface area contributed by atoms with E-state index in [0.29, 0.717) is 31.8 Å². The van der Waals surface area contributed by atoms with Crippen molar-refractivity contribution < 1.29 is 13.9 Å². The van der Waals surface area contributed by atoms with Crippen molar-refractivity contribution in [3.8, 4) is 0 Å². The van der Waals surface area contributed by atoms with E-state index in [1.807, 2.05) is 0 Å². The normalized spacial score (nSPS) is 18.8. The number of carbonyl (C=O) groups excluding carboxylic acids is 1. The molecule has 106 valence electrons. The van der Waals surface area contributed by atoms with Gasteiger partial charge in [-0.15, -0.1) is 12.4 Å². The van der Waals surface area contributed by atoms with Crippen LogP contribution in [0.3, 0.4) is 0 Å². The SMILES string of the molecule is Cl.NCC1CN(C(=O)Cc2cccc(F)c2)CCO1. The van der Waals surface area contributed by atoms with Gasteiger partial charge in [0.2, 0.25) is 5.91 Å². The van der Waals surface area contributed by atoms with E-state index in [4.69, 9.17) is 10.5 Å². The average Bonchev–Trinajstić information content (AvgIpc) is 2.39. The van der Waals surface area contributed by atoms with E-state index < -0.39 is 0 Å². The van der Waals surface area contributed by atoms with Crippen molar-refractivity contribution in [2.24, 2.45) is 5.73 Å². The van der Waals surface area contributed by atoms with Crippen molar-refractivity contribution in [3.05, 3.63) is 35.6 Å². The number of ether oxygens (including phenoxy) is 1. The number of carbonyl (C=O) groups is 1. The van der Waals surface area contributed by atoms with Crippen LogP contribution in [-0.4, -0.2) is 43.2 Å². The Morgan fingerprint density at radius 2 is 2.32 bits per heavy atom. The van der Waals surface area contributed by atoms with Crippen molar-refractivity contribution in [2.75, 3.05) is 26.2 Å². The first-order valence-electron chi connectivity index (χ1n) is 6.03. The van der Waals surface area contributed by atoms with Gasteiger partial charge in [0.05, 0.1) is 19.1 Å². The third-order valence-electron chi connectivity index (χ3n) is 3.00. The summed E-state index contributed by atoms with van der Waals surface area (Å²) in [5.74, 6) is -0.329. The molecule has 19 heavy (non-hydrogen) atoms. The van der Waals surface area contributed by atoms with Gasteiger partial charge in [-0.05, 0) is 17.7 Å². The van der Waals surface area contributed by atoms with E-state index in [0.717, 1.165) is 0 Å². The zero-order valence-corrected chi connectivity index (χ0v) is 11.4. The van der Waals surface area contributed by atoms with E-state index in [2.05, 4.69) is 0 Å². The number of rotatable bonds is 3. The monoisotopic (exact) mass is 288 g/mol. The standard InChI is InChI=1S/C13H17FN2O2.ClH/c14-11-3-1-2-10(6-11)7-13(17)16-4-5-18-12(8-15)9-16;/h1-3,6,12H,4-5,7-9,15H2;1H. The maximum Gasteiger partial charge on any atom is 0.227 e. The largest absolute Gasteiger partial charge is 0.373 e. The topological polar surface area (TPSA) is 55.6 Å². The van der Waals surface area contributed by atoms with Gasteiger partial charge in [0.1, 0.15) is 5.82 Å². The van der Waals surface area contributed by atoms with E-state index in [-0.39, 0.29) is 36.7 Å². The highest BCUT2D eigenvalue weighted by Gasteiger charge is 2.23. The molecule has 0 aliphatic carbocycles. The van der Waals surface area contributed by atoms with E-state index in [1.165, 1.54) is 12.1 Å². The summed E-state index contributed by atoms with van der Waals surface area (Å²) in [5, 5.41) is 0. The van der Waals surface area contributed by atoms with Crippen LogP contribution in [0.2, 0.25) is 0 Å². The zero-order chi connectivity index (χ0) is 13.0. The van der Waals surface area contributed by atoms with Crippen LogP contribution in [0.4, 0.5) is 4.39 Å². The molecule has 1 atom stereocenters. The lowest BCUT2D eigenvalue weighted by Crippen LogP contribution is -2.48. The molecule has 0 saturated carbocycles. The van der Waals surface area contributed by atoms with Crippen molar-refractivity contribution in [1.82, 2.24) is 4.90 Å². The van der Waals surface area contributed by atoms with Crippen molar-refractivity contribution in [2.45, 2.75) is 12.5 Å². The lowest BCUT2D eigenvalue weighted by Gasteiger charge is -2.32. The predicted octanol–water partition coefficient (Wildman–Crippen LogP) is 0.976. The van der Waals surface area contributed by atoms with Gasteiger partial charge in [-0.1, -0.05) is 12.1 Å². The molecule has 2 N–H and O–H groups in total.